The van der Waals surface area contributed by atoms with Crippen molar-refractivity contribution in [1.82, 2.24) is 0 Å². The summed E-state index contributed by atoms with van der Waals surface area (Å²) in [7, 11) is 0. The highest BCUT2D eigenvalue weighted by Gasteiger charge is 2.63. The third-order valence-electron chi connectivity index (χ3n) is 12.5. The number of hydrogen-bond acceptors (Lipinski definition) is 9. The average Bonchev–Trinajstić information content (AvgIpc) is 3.32. The van der Waals surface area contributed by atoms with Gasteiger partial charge < -0.3 is 34.6 Å². The van der Waals surface area contributed by atoms with Gasteiger partial charge in [0.1, 0.15) is 30.0 Å². The standard InChI is InChI=1S/C34H54O9/c1-19(17-41-31-30(39)29(38)26(37)18-42-31)6-11-28(43-20(2)35)34(5,40)27-10-9-24-23-8-7-21-16-22(36)12-14-32(21,3)25(23)13-15-33(24,27)4/h16,19,23-31,37-40H,6-15,17-18H2,1-5H3/t19-,23-,24-,25-,26+,27-,28+,29+,30-,31+,32-,33-,34+/m0/s1. The molecule has 0 bridgehead atoms. The van der Waals surface area contributed by atoms with E-state index in [9.17, 15) is 30.0 Å². The summed E-state index contributed by atoms with van der Waals surface area (Å²) in [5.41, 5.74) is 0.210. The number of carbonyl (C=O) groups excluding carboxylic acids is 2. The highest BCUT2D eigenvalue weighted by Crippen LogP contribution is 2.68. The first-order chi connectivity index (χ1) is 20.2. The monoisotopic (exact) mass is 606 g/mol. The molecule has 0 spiro atoms. The van der Waals surface area contributed by atoms with Crippen LogP contribution in [0, 0.1) is 40.4 Å². The van der Waals surface area contributed by atoms with Gasteiger partial charge in [-0.1, -0.05) is 26.3 Å². The van der Waals surface area contributed by atoms with E-state index in [4.69, 9.17) is 14.2 Å². The number of hydrogen-bond donors (Lipinski definition) is 4. The first kappa shape index (κ1) is 33.0. The molecule has 0 aromatic heterocycles. The lowest BCUT2D eigenvalue weighted by atomic mass is 9.46. The summed E-state index contributed by atoms with van der Waals surface area (Å²) in [6, 6.07) is 0. The van der Waals surface area contributed by atoms with Gasteiger partial charge in [0.15, 0.2) is 12.1 Å². The van der Waals surface area contributed by atoms with Gasteiger partial charge in [0, 0.05) is 13.3 Å². The van der Waals surface area contributed by atoms with Crippen LogP contribution in [0.15, 0.2) is 11.6 Å². The van der Waals surface area contributed by atoms with E-state index >= 15 is 0 Å². The van der Waals surface area contributed by atoms with E-state index in [0.717, 1.165) is 44.9 Å². The van der Waals surface area contributed by atoms with E-state index in [0.29, 0.717) is 37.0 Å². The first-order valence-corrected chi connectivity index (χ1v) is 16.6. The SMILES string of the molecule is CC(=O)O[C@H](CC[C@H](C)CO[C@@H]1OC[C@@H](O)[C@@H](O)[C@@H]1O)[C@](C)(O)[C@H]1CC[C@H]2[C@@H]3CCC4=CC(=O)CC[C@]4(C)[C@H]3CC[C@]12C. The Morgan fingerprint density at radius 3 is 2.53 bits per heavy atom. The molecule has 43 heavy (non-hydrogen) atoms. The molecule has 5 rings (SSSR count). The van der Waals surface area contributed by atoms with Crippen LogP contribution in [-0.2, 0) is 23.8 Å². The van der Waals surface area contributed by atoms with Crippen molar-refractivity contribution in [2.24, 2.45) is 40.4 Å². The molecule has 0 amide bonds. The zero-order chi connectivity index (χ0) is 31.3. The fourth-order valence-corrected chi connectivity index (χ4v) is 10.1. The van der Waals surface area contributed by atoms with Crippen molar-refractivity contribution in [2.45, 2.75) is 135 Å². The number of ether oxygens (including phenoxy) is 3. The van der Waals surface area contributed by atoms with Gasteiger partial charge >= 0.3 is 5.97 Å². The number of carbonyl (C=O) groups is 2. The lowest BCUT2D eigenvalue weighted by Crippen LogP contribution is -2.56. The van der Waals surface area contributed by atoms with Crippen molar-refractivity contribution >= 4 is 11.8 Å². The molecular weight excluding hydrogens is 552 g/mol. The van der Waals surface area contributed by atoms with Gasteiger partial charge in [0.25, 0.3) is 0 Å². The number of rotatable bonds is 9. The smallest absolute Gasteiger partial charge is 0.303 e. The van der Waals surface area contributed by atoms with Gasteiger partial charge in [-0.15, -0.1) is 0 Å². The van der Waals surface area contributed by atoms with Gasteiger partial charge in [0.05, 0.1) is 13.2 Å². The molecule has 3 saturated carbocycles. The quantitative estimate of drug-likeness (QED) is 0.289. The van der Waals surface area contributed by atoms with Gasteiger partial charge in [-0.05, 0) is 111 Å². The van der Waals surface area contributed by atoms with E-state index in [1.54, 1.807) is 0 Å². The number of aliphatic hydroxyl groups is 4. The first-order valence-electron chi connectivity index (χ1n) is 16.6. The topological polar surface area (TPSA) is 143 Å². The second-order valence-electron chi connectivity index (χ2n) is 15.2. The van der Waals surface area contributed by atoms with E-state index < -0.39 is 42.3 Å². The molecule has 9 heteroatoms. The van der Waals surface area contributed by atoms with Crippen LogP contribution in [0.25, 0.3) is 0 Å². The van der Waals surface area contributed by atoms with Crippen molar-refractivity contribution in [3.8, 4) is 0 Å². The van der Waals surface area contributed by atoms with Crippen molar-refractivity contribution in [2.75, 3.05) is 13.2 Å². The van der Waals surface area contributed by atoms with Crippen LogP contribution < -0.4 is 0 Å². The van der Waals surface area contributed by atoms with Crippen LogP contribution in [0.2, 0.25) is 0 Å². The Morgan fingerprint density at radius 2 is 1.81 bits per heavy atom. The summed E-state index contributed by atoms with van der Waals surface area (Å²) < 4.78 is 16.9. The van der Waals surface area contributed by atoms with Gasteiger partial charge in [0.2, 0.25) is 0 Å². The van der Waals surface area contributed by atoms with Crippen LogP contribution in [0.4, 0.5) is 0 Å². The molecule has 0 radical (unpaired) electrons. The Balaban J connectivity index is 1.24. The molecule has 1 aliphatic heterocycles. The summed E-state index contributed by atoms with van der Waals surface area (Å²) in [5, 5.41) is 42.0. The van der Waals surface area contributed by atoms with Crippen LogP contribution in [0.1, 0.15) is 98.8 Å². The Kier molecular flexibility index (Phi) is 9.55. The van der Waals surface area contributed by atoms with Crippen LogP contribution in [0.3, 0.4) is 0 Å². The maximum Gasteiger partial charge on any atom is 0.303 e. The lowest BCUT2D eigenvalue weighted by molar-refractivity contribution is -0.272. The summed E-state index contributed by atoms with van der Waals surface area (Å²) in [4.78, 5) is 24.5. The Morgan fingerprint density at radius 1 is 1.07 bits per heavy atom. The third kappa shape index (κ3) is 6.11. The number of esters is 1. The van der Waals surface area contributed by atoms with Gasteiger partial charge in [-0.2, -0.15) is 0 Å². The highest BCUT2D eigenvalue weighted by molar-refractivity contribution is 5.91. The van der Waals surface area contributed by atoms with Crippen LogP contribution in [0.5, 0.6) is 0 Å². The zero-order valence-corrected chi connectivity index (χ0v) is 26.7. The molecule has 5 aliphatic rings. The largest absolute Gasteiger partial charge is 0.459 e. The number of allylic oxidation sites excluding steroid dienone is 1. The van der Waals surface area contributed by atoms with Gasteiger partial charge in [-0.3, -0.25) is 9.59 Å². The second kappa shape index (κ2) is 12.4. The summed E-state index contributed by atoms with van der Waals surface area (Å²) in [6.07, 6.45) is 5.31. The van der Waals surface area contributed by atoms with Crippen LogP contribution in [-0.4, -0.2) is 81.7 Å². The average molecular weight is 607 g/mol. The predicted octanol–water partition coefficient (Wildman–Crippen LogP) is 3.69. The van der Waals surface area contributed by atoms with Crippen LogP contribution >= 0.6 is 0 Å². The normalized spacial score (nSPS) is 43.8. The maximum atomic E-state index is 12.3. The maximum absolute atomic E-state index is 12.3. The Labute approximate surface area is 256 Å². The molecule has 0 unspecified atom stereocenters. The summed E-state index contributed by atoms with van der Waals surface area (Å²) >= 11 is 0. The minimum atomic E-state index is -1.34. The Hall–Kier alpha value is -1.36. The molecule has 4 fully saturated rings. The summed E-state index contributed by atoms with van der Waals surface area (Å²) in [5.74, 6) is 1.52. The molecule has 244 valence electrons. The molecule has 9 nitrogen and oxygen atoms in total. The molecule has 4 aliphatic carbocycles. The van der Waals surface area contributed by atoms with E-state index in [-0.39, 0.29) is 41.7 Å². The zero-order valence-electron chi connectivity index (χ0n) is 26.7. The second-order valence-corrected chi connectivity index (χ2v) is 15.2. The predicted molar refractivity (Wildman–Crippen MR) is 158 cm³/mol. The minimum absolute atomic E-state index is 0.00163. The number of aliphatic hydroxyl groups excluding tert-OH is 3. The molecule has 0 aromatic rings. The lowest BCUT2D eigenvalue weighted by Gasteiger charge is -2.59. The van der Waals surface area contributed by atoms with Gasteiger partial charge in [-0.25, -0.2) is 0 Å². The van der Waals surface area contributed by atoms with Crippen molar-refractivity contribution in [3.05, 3.63) is 11.6 Å². The molecule has 4 N–H and O–H groups in total. The molecule has 1 saturated heterocycles. The fourth-order valence-electron chi connectivity index (χ4n) is 10.1. The minimum Gasteiger partial charge on any atom is -0.459 e. The number of ketones is 1. The highest BCUT2D eigenvalue weighted by atomic mass is 16.7. The molecule has 1 heterocycles. The molecule has 0 aromatic carbocycles. The molecular formula is C34H54O9. The third-order valence-corrected chi connectivity index (χ3v) is 12.5. The van der Waals surface area contributed by atoms with E-state index in [1.165, 1.54) is 12.5 Å². The summed E-state index contributed by atoms with van der Waals surface area (Å²) in [6.45, 7) is 10.1. The van der Waals surface area contributed by atoms with Crippen molar-refractivity contribution in [3.63, 3.8) is 0 Å². The van der Waals surface area contributed by atoms with E-state index in [1.807, 2.05) is 19.9 Å². The van der Waals surface area contributed by atoms with Crippen molar-refractivity contribution in [1.29, 1.82) is 0 Å². The number of fused-ring (bicyclic) bond motifs is 5. The fraction of sp³-hybridized carbons (Fsp3) is 0.882. The molecule has 13 atom stereocenters. The van der Waals surface area contributed by atoms with Crippen molar-refractivity contribution < 1.29 is 44.2 Å². The van der Waals surface area contributed by atoms with E-state index in [2.05, 4.69) is 13.8 Å². The Bertz CT molecular complexity index is 1070.